The molecule has 10 N–H and O–H groups in total. The minimum Gasteiger partial charge on any atom is -0.508 e. The number of nitrogens with one attached hydrogen (secondary N) is 3. The molecule has 0 aliphatic rings. The van der Waals surface area contributed by atoms with Gasteiger partial charge in [0.05, 0.1) is 12.1 Å². The Hall–Kier alpha value is -3.22. The van der Waals surface area contributed by atoms with Crippen molar-refractivity contribution in [2.75, 3.05) is 6.54 Å². The highest BCUT2D eigenvalue weighted by atomic mass is 16.4. The van der Waals surface area contributed by atoms with E-state index >= 15 is 0 Å². The summed E-state index contributed by atoms with van der Waals surface area (Å²) >= 11 is 0. The standard InChI is InChI=1S/C25H41N5O7/c1-14(2)12-20(25(36)37)29-23(34)19(13-16-7-9-17(32)10-8-16)28-24(35)21(15(3)31)30-22(33)18(27)6-4-5-11-26/h7-10,14-15,18-21,31-32H,4-6,11-13,26-27H2,1-3H3,(H,28,35)(H,29,34)(H,30,33)(H,36,37). The summed E-state index contributed by atoms with van der Waals surface area (Å²) in [5.41, 5.74) is 11.9. The van der Waals surface area contributed by atoms with Gasteiger partial charge in [0, 0.05) is 6.42 Å². The number of carbonyl (C=O) groups is 4. The first-order valence-electron chi connectivity index (χ1n) is 12.4. The summed E-state index contributed by atoms with van der Waals surface area (Å²) in [4.78, 5) is 50.3. The molecule has 1 aromatic rings. The van der Waals surface area contributed by atoms with E-state index in [0.717, 1.165) is 0 Å². The summed E-state index contributed by atoms with van der Waals surface area (Å²) in [6, 6.07) is 1.20. The van der Waals surface area contributed by atoms with Crippen LogP contribution < -0.4 is 27.4 Å². The number of nitrogens with two attached hydrogens (primary N) is 2. The van der Waals surface area contributed by atoms with E-state index in [2.05, 4.69) is 16.0 Å². The zero-order chi connectivity index (χ0) is 28.1. The molecule has 0 aliphatic heterocycles. The number of amides is 3. The molecule has 0 aromatic heterocycles. The lowest BCUT2D eigenvalue weighted by Crippen LogP contribution is -2.60. The van der Waals surface area contributed by atoms with Crippen LogP contribution in [0.5, 0.6) is 5.75 Å². The third kappa shape index (κ3) is 11.6. The van der Waals surface area contributed by atoms with Gasteiger partial charge in [0.25, 0.3) is 0 Å². The molecule has 0 heterocycles. The second-order valence-corrected chi connectivity index (χ2v) is 9.58. The Morgan fingerprint density at radius 1 is 0.892 bits per heavy atom. The molecule has 1 rings (SSSR count). The largest absolute Gasteiger partial charge is 0.508 e. The van der Waals surface area contributed by atoms with Gasteiger partial charge in [0.1, 0.15) is 23.9 Å². The molecule has 208 valence electrons. The summed E-state index contributed by atoms with van der Waals surface area (Å²) in [6.07, 6.45) is 0.469. The van der Waals surface area contributed by atoms with Gasteiger partial charge in [-0.2, -0.15) is 0 Å². The molecule has 5 atom stereocenters. The predicted octanol–water partition coefficient (Wildman–Crippen LogP) is -0.643. The number of rotatable bonds is 16. The van der Waals surface area contributed by atoms with E-state index in [9.17, 15) is 34.5 Å². The van der Waals surface area contributed by atoms with E-state index in [4.69, 9.17) is 11.5 Å². The molecule has 0 aliphatic carbocycles. The quantitative estimate of drug-likeness (QED) is 0.129. The average molecular weight is 524 g/mol. The second-order valence-electron chi connectivity index (χ2n) is 9.58. The van der Waals surface area contributed by atoms with Crippen LogP contribution in [0.1, 0.15) is 52.0 Å². The maximum absolute atomic E-state index is 13.1. The van der Waals surface area contributed by atoms with Crippen LogP contribution in [0, 0.1) is 5.92 Å². The van der Waals surface area contributed by atoms with Crippen LogP contribution in [0.25, 0.3) is 0 Å². The Labute approximate surface area is 217 Å². The molecular formula is C25H41N5O7. The van der Waals surface area contributed by atoms with Crippen molar-refractivity contribution in [2.24, 2.45) is 17.4 Å². The monoisotopic (exact) mass is 523 g/mol. The highest BCUT2D eigenvalue weighted by Gasteiger charge is 2.32. The number of aliphatic hydroxyl groups excluding tert-OH is 1. The van der Waals surface area contributed by atoms with E-state index < -0.39 is 54.0 Å². The van der Waals surface area contributed by atoms with Crippen LogP contribution in [-0.4, -0.2) is 75.8 Å². The number of hydrogen-bond acceptors (Lipinski definition) is 8. The number of carboxylic acids is 1. The number of benzene rings is 1. The van der Waals surface area contributed by atoms with Gasteiger partial charge in [-0.3, -0.25) is 14.4 Å². The van der Waals surface area contributed by atoms with Crippen LogP contribution in [0.2, 0.25) is 0 Å². The van der Waals surface area contributed by atoms with Crippen LogP contribution in [0.3, 0.4) is 0 Å². The molecular weight excluding hydrogens is 482 g/mol. The lowest BCUT2D eigenvalue weighted by molar-refractivity contribution is -0.143. The van der Waals surface area contributed by atoms with Crippen LogP contribution in [0.4, 0.5) is 0 Å². The van der Waals surface area contributed by atoms with Gasteiger partial charge in [-0.05, 0) is 56.3 Å². The van der Waals surface area contributed by atoms with E-state index in [1.54, 1.807) is 12.1 Å². The summed E-state index contributed by atoms with van der Waals surface area (Å²) in [5.74, 6) is -3.45. The minimum atomic E-state index is -1.41. The van der Waals surface area contributed by atoms with Crippen molar-refractivity contribution in [3.8, 4) is 5.75 Å². The molecule has 1 aromatic carbocycles. The number of carbonyl (C=O) groups excluding carboxylic acids is 3. The molecule has 5 unspecified atom stereocenters. The van der Waals surface area contributed by atoms with Gasteiger partial charge >= 0.3 is 5.97 Å². The average Bonchev–Trinajstić information content (AvgIpc) is 2.82. The number of aromatic hydroxyl groups is 1. The fourth-order valence-corrected chi connectivity index (χ4v) is 3.61. The Balaban J connectivity index is 3.08. The number of aliphatic carboxylic acids is 1. The first-order chi connectivity index (χ1) is 17.3. The lowest BCUT2D eigenvalue weighted by atomic mass is 10.0. The van der Waals surface area contributed by atoms with Gasteiger partial charge in [-0.1, -0.05) is 32.4 Å². The van der Waals surface area contributed by atoms with Crippen molar-refractivity contribution >= 4 is 23.7 Å². The molecule has 12 heteroatoms. The van der Waals surface area contributed by atoms with E-state index in [0.29, 0.717) is 31.4 Å². The van der Waals surface area contributed by atoms with Gasteiger partial charge in [-0.25, -0.2) is 4.79 Å². The van der Waals surface area contributed by atoms with E-state index in [1.807, 2.05) is 13.8 Å². The fraction of sp³-hybridized carbons (Fsp3) is 0.600. The third-order valence-corrected chi connectivity index (χ3v) is 5.70. The van der Waals surface area contributed by atoms with Crippen LogP contribution >= 0.6 is 0 Å². The number of aliphatic hydroxyl groups is 1. The zero-order valence-electron chi connectivity index (χ0n) is 21.6. The molecule has 0 bridgehead atoms. The normalized spacial score (nSPS) is 15.2. The molecule has 0 spiro atoms. The van der Waals surface area contributed by atoms with Gasteiger partial charge in [0.15, 0.2) is 0 Å². The van der Waals surface area contributed by atoms with Crippen LogP contribution in [0.15, 0.2) is 24.3 Å². The van der Waals surface area contributed by atoms with E-state index in [-0.39, 0.29) is 24.5 Å². The summed E-state index contributed by atoms with van der Waals surface area (Å²) in [5, 5.41) is 36.6. The minimum absolute atomic E-state index is 0.0105. The zero-order valence-corrected chi connectivity index (χ0v) is 21.6. The highest BCUT2D eigenvalue weighted by Crippen LogP contribution is 2.13. The number of carboxylic acid groups (broad SMARTS) is 1. The molecule has 0 fully saturated rings. The van der Waals surface area contributed by atoms with Gasteiger partial charge in [0.2, 0.25) is 17.7 Å². The van der Waals surface area contributed by atoms with Crippen molar-refractivity contribution in [2.45, 2.75) is 83.1 Å². The smallest absolute Gasteiger partial charge is 0.326 e. The molecule has 37 heavy (non-hydrogen) atoms. The fourth-order valence-electron chi connectivity index (χ4n) is 3.61. The second kappa shape index (κ2) is 15.8. The third-order valence-electron chi connectivity index (χ3n) is 5.70. The Morgan fingerprint density at radius 2 is 1.49 bits per heavy atom. The molecule has 0 radical (unpaired) electrons. The maximum Gasteiger partial charge on any atom is 0.326 e. The number of phenols is 1. The van der Waals surface area contributed by atoms with E-state index in [1.165, 1.54) is 19.1 Å². The Morgan fingerprint density at radius 3 is 2.00 bits per heavy atom. The topological polar surface area (TPSA) is 217 Å². The summed E-state index contributed by atoms with van der Waals surface area (Å²) in [6.45, 7) is 5.39. The number of phenolic OH excluding ortho intramolecular Hbond substituents is 1. The first-order valence-corrected chi connectivity index (χ1v) is 12.4. The summed E-state index contributed by atoms with van der Waals surface area (Å²) in [7, 11) is 0. The molecule has 3 amide bonds. The Kier molecular flexibility index (Phi) is 13.6. The number of unbranched alkanes of at least 4 members (excludes halogenated alkanes) is 1. The maximum atomic E-state index is 13.1. The van der Waals surface area contributed by atoms with Crippen LogP contribution in [-0.2, 0) is 25.6 Å². The number of hydrogen-bond donors (Lipinski definition) is 8. The molecule has 12 nitrogen and oxygen atoms in total. The van der Waals surface area contributed by atoms with Crippen molar-refractivity contribution in [3.63, 3.8) is 0 Å². The molecule has 0 saturated carbocycles. The Bertz CT molecular complexity index is 892. The summed E-state index contributed by atoms with van der Waals surface area (Å²) < 4.78 is 0. The van der Waals surface area contributed by atoms with Crippen molar-refractivity contribution in [3.05, 3.63) is 29.8 Å². The van der Waals surface area contributed by atoms with Gasteiger partial charge < -0.3 is 42.7 Å². The molecule has 0 saturated heterocycles. The van der Waals surface area contributed by atoms with Crippen molar-refractivity contribution in [1.82, 2.24) is 16.0 Å². The lowest BCUT2D eigenvalue weighted by Gasteiger charge is -2.27. The van der Waals surface area contributed by atoms with Gasteiger partial charge in [-0.15, -0.1) is 0 Å². The van der Waals surface area contributed by atoms with Crippen molar-refractivity contribution in [1.29, 1.82) is 0 Å². The highest BCUT2D eigenvalue weighted by molar-refractivity contribution is 5.94. The van der Waals surface area contributed by atoms with Crippen molar-refractivity contribution < 1.29 is 34.5 Å². The first kappa shape index (κ1) is 31.8. The predicted molar refractivity (Wildman–Crippen MR) is 137 cm³/mol. The SMILES string of the molecule is CC(C)CC(NC(=O)C(Cc1ccc(O)cc1)NC(=O)C(NC(=O)C(N)CCCCN)C(C)O)C(=O)O.